The van der Waals surface area contributed by atoms with Gasteiger partial charge in [-0.15, -0.1) is 0 Å². The molecule has 0 saturated heterocycles. The molecule has 2 nitrogen and oxygen atoms in total. The Morgan fingerprint density at radius 3 is 2.55 bits per heavy atom. The molecule has 2 rings (SSSR count). The number of rotatable bonds is 3. The Kier molecular flexibility index (Phi) is 4.13. The summed E-state index contributed by atoms with van der Waals surface area (Å²) in [7, 11) is 0. The number of hydrogen-bond acceptors (Lipinski definition) is 1. The lowest BCUT2D eigenvalue weighted by atomic mass is 10.1. The number of aryl methyl sites for hydroxylation is 2. The molecule has 0 radical (unpaired) electrons. The number of halogens is 2. The van der Waals surface area contributed by atoms with E-state index >= 15 is 0 Å². The molecule has 0 aromatic heterocycles. The lowest BCUT2D eigenvalue weighted by Crippen LogP contribution is -2.16. The molecule has 0 spiro atoms. The van der Waals surface area contributed by atoms with Gasteiger partial charge in [0.2, 0.25) is 0 Å². The zero-order valence-electron chi connectivity index (χ0n) is 11.3. The highest BCUT2D eigenvalue weighted by atomic mass is 19.2. The molecule has 0 aliphatic rings. The van der Waals surface area contributed by atoms with Crippen LogP contribution >= 0.6 is 0 Å². The van der Waals surface area contributed by atoms with Gasteiger partial charge in [-0.2, -0.15) is 0 Å². The van der Waals surface area contributed by atoms with E-state index in [1.807, 2.05) is 32.0 Å². The minimum atomic E-state index is -1.13. The average Bonchev–Trinajstić information content (AvgIpc) is 2.44. The number of para-hydroxylation sites is 1. The van der Waals surface area contributed by atoms with Crippen molar-refractivity contribution >= 4 is 11.6 Å². The van der Waals surface area contributed by atoms with E-state index in [4.69, 9.17) is 0 Å². The van der Waals surface area contributed by atoms with Crippen molar-refractivity contribution in [1.82, 2.24) is 0 Å². The lowest BCUT2D eigenvalue weighted by Gasteiger charge is -2.13. The molecule has 0 bridgehead atoms. The first-order valence-electron chi connectivity index (χ1n) is 6.38. The van der Waals surface area contributed by atoms with Crippen LogP contribution in [0.4, 0.5) is 14.5 Å². The van der Waals surface area contributed by atoms with Gasteiger partial charge in [-0.3, -0.25) is 4.79 Å². The first-order chi connectivity index (χ1) is 9.54. The van der Waals surface area contributed by atoms with Crippen molar-refractivity contribution in [3.63, 3.8) is 0 Å². The first kappa shape index (κ1) is 14.2. The van der Waals surface area contributed by atoms with Crippen molar-refractivity contribution < 1.29 is 13.6 Å². The second kappa shape index (κ2) is 5.82. The Morgan fingerprint density at radius 2 is 1.85 bits per heavy atom. The quantitative estimate of drug-likeness (QED) is 0.898. The van der Waals surface area contributed by atoms with Gasteiger partial charge >= 0.3 is 0 Å². The molecule has 0 aliphatic carbocycles. The molecule has 4 heteroatoms. The van der Waals surface area contributed by atoms with E-state index in [-0.39, 0.29) is 5.56 Å². The Balaban J connectivity index is 2.35. The molecule has 0 unspecified atom stereocenters. The van der Waals surface area contributed by atoms with Gasteiger partial charge in [0.25, 0.3) is 5.91 Å². The standard InChI is InChI=1S/C16H15F2NO/c1-3-11-7-4-6-10(2)15(11)19-16(20)12-8-5-9-13(17)14(12)18/h4-9H,3H2,1-2H3,(H,19,20). The van der Waals surface area contributed by atoms with Crippen molar-refractivity contribution in [3.05, 3.63) is 64.7 Å². The number of nitrogens with one attached hydrogen (secondary N) is 1. The fourth-order valence-electron chi connectivity index (χ4n) is 2.06. The molecule has 2 aromatic rings. The molecule has 0 aliphatic heterocycles. The highest BCUT2D eigenvalue weighted by Crippen LogP contribution is 2.22. The normalized spacial score (nSPS) is 10.4. The number of anilines is 1. The van der Waals surface area contributed by atoms with Crippen LogP contribution in [0, 0.1) is 18.6 Å². The predicted molar refractivity (Wildman–Crippen MR) is 74.9 cm³/mol. The Bertz CT molecular complexity index is 653. The number of benzene rings is 2. The van der Waals surface area contributed by atoms with Gasteiger partial charge in [-0.25, -0.2) is 8.78 Å². The van der Waals surface area contributed by atoms with Gasteiger partial charge in [0.1, 0.15) is 0 Å². The summed E-state index contributed by atoms with van der Waals surface area (Å²) in [5.41, 5.74) is 2.20. The molecule has 2 aromatic carbocycles. The molecular weight excluding hydrogens is 260 g/mol. The van der Waals surface area contributed by atoms with Crippen LogP contribution in [0.25, 0.3) is 0 Å². The van der Waals surface area contributed by atoms with E-state index in [0.29, 0.717) is 5.69 Å². The molecule has 0 atom stereocenters. The summed E-state index contributed by atoms with van der Waals surface area (Å²) < 4.78 is 26.8. The number of carbonyl (C=O) groups is 1. The van der Waals surface area contributed by atoms with Crippen LogP contribution in [-0.2, 0) is 6.42 Å². The molecule has 1 N–H and O–H groups in total. The SMILES string of the molecule is CCc1cccc(C)c1NC(=O)c1cccc(F)c1F. The highest BCUT2D eigenvalue weighted by molar-refractivity contribution is 6.05. The van der Waals surface area contributed by atoms with Crippen molar-refractivity contribution in [2.75, 3.05) is 5.32 Å². The third-order valence-corrected chi connectivity index (χ3v) is 3.17. The molecular formula is C16H15F2NO. The summed E-state index contributed by atoms with van der Waals surface area (Å²) in [5, 5.41) is 2.67. The summed E-state index contributed by atoms with van der Waals surface area (Å²) in [6.07, 6.45) is 0.739. The molecule has 1 amide bonds. The summed E-state index contributed by atoms with van der Waals surface area (Å²) in [4.78, 5) is 12.1. The Morgan fingerprint density at radius 1 is 1.15 bits per heavy atom. The summed E-state index contributed by atoms with van der Waals surface area (Å²) >= 11 is 0. The maximum Gasteiger partial charge on any atom is 0.258 e. The number of carbonyl (C=O) groups excluding carboxylic acids is 1. The summed E-state index contributed by atoms with van der Waals surface area (Å²) in [6, 6.07) is 9.20. The molecule has 0 heterocycles. The third-order valence-electron chi connectivity index (χ3n) is 3.17. The van der Waals surface area contributed by atoms with Gasteiger partial charge in [-0.05, 0) is 36.6 Å². The molecule has 0 saturated carbocycles. The largest absolute Gasteiger partial charge is 0.321 e. The van der Waals surface area contributed by atoms with E-state index in [1.54, 1.807) is 0 Å². The third kappa shape index (κ3) is 2.69. The Labute approximate surface area is 116 Å². The van der Waals surface area contributed by atoms with E-state index in [9.17, 15) is 13.6 Å². The summed E-state index contributed by atoms with van der Waals surface area (Å²) in [5.74, 6) is -2.80. The smallest absolute Gasteiger partial charge is 0.258 e. The van der Waals surface area contributed by atoms with Crippen molar-refractivity contribution in [3.8, 4) is 0 Å². The Hall–Kier alpha value is -2.23. The van der Waals surface area contributed by atoms with Crippen LogP contribution in [-0.4, -0.2) is 5.91 Å². The summed E-state index contributed by atoms with van der Waals surface area (Å²) in [6.45, 7) is 3.82. The van der Waals surface area contributed by atoms with Gasteiger partial charge < -0.3 is 5.32 Å². The topological polar surface area (TPSA) is 29.1 Å². The van der Waals surface area contributed by atoms with Crippen molar-refractivity contribution in [2.45, 2.75) is 20.3 Å². The highest BCUT2D eigenvalue weighted by Gasteiger charge is 2.16. The fraction of sp³-hybridized carbons (Fsp3) is 0.188. The van der Waals surface area contributed by atoms with Gasteiger partial charge in [0.05, 0.1) is 5.56 Å². The van der Waals surface area contributed by atoms with Crippen LogP contribution in [0.3, 0.4) is 0 Å². The molecule has 20 heavy (non-hydrogen) atoms. The van der Waals surface area contributed by atoms with Gasteiger partial charge in [0.15, 0.2) is 11.6 Å². The van der Waals surface area contributed by atoms with Crippen LogP contribution in [0.2, 0.25) is 0 Å². The minimum Gasteiger partial charge on any atom is -0.321 e. The van der Waals surface area contributed by atoms with E-state index < -0.39 is 17.5 Å². The van der Waals surface area contributed by atoms with Gasteiger partial charge in [-0.1, -0.05) is 31.2 Å². The van der Waals surface area contributed by atoms with Gasteiger partial charge in [0, 0.05) is 5.69 Å². The van der Waals surface area contributed by atoms with E-state index in [0.717, 1.165) is 23.6 Å². The minimum absolute atomic E-state index is 0.296. The zero-order valence-corrected chi connectivity index (χ0v) is 11.3. The second-order valence-electron chi connectivity index (χ2n) is 4.52. The van der Waals surface area contributed by atoms with E-state index in [2.05, 4.69) is 5.32 Å². The number of amides is 1. The van der Waals surface area contributed by atoms with Crippen LogP contribution in [0.1, 0.15) is 28.4 Å². The van der Waals surface area contributed by atoms with E-state index in [1.165, 1.54) is 12.1 Å². The van der Waals surface area contributed by atoms with Crippen LogP contribution < -0.4 is 5.32 Å². The van der Waals surface area contributed by atoms with Crippen LogP contribution in [0.15, 0.2) is 36.4 Å². The second-order valence-corrected chi connectivity index (χ2v) is 4.52. The maximum absolute atomic E-state index is 13.6. The van der Waals surface area contributed by atoms with Crippen LogP contribution in [0.5, 0.6) is 0 Å². The van der Waals surface area contributed by atoms with Crippen molar-refractivity contribution in [2.24, 2.45) is 0 Å². The monoisotopic (exact) mass is 275 g/mol. The average molecular weight is 275 g/mol. The lowest BCUT2D eigenvalue weighted by molar-refractivity contribution is 0.102. The molecule has 104 valence electrons. The fourth-order valence-corrected chi connectivity index (χ4v) is 2.06. The van der Waals surface area contributed by atoms with Crippen molar-refractivity contribution in [1.29, 1.82) is 0 Å². The zero-order chi connectivity index (χ0) is 14.7. The first-order valence-corrected chi connectivity index (χ1v) is 6.38. The molecule has 0 fully saturated rings. The predicted octanol–water partition coefficient (Wildman–Crippen LogP) is 4.09. The maximum atomic E-state index is 13.6. The number of hydrogen-bond donors (Lipinski definition) is 1.